The second kappa shape index (κ2) is 5.88. The van der Waals surface area contributed by atoms with Crippen LogP contribution in [0.1, 0.15) is 23.3 Å². The summed E-state index contributed by atoms with van der Waals surface area (Å²) in [6.45, 7) is 3.27. The molecule has 1 aliphatic heterocycles. The smallest absolute Gasteiger partial charge is 0.242 e. The van der Waals surface area contributed by atoms with E-state index in [1.54, 1.807) is 12.3 Å². The number of rotatable bonds is 4. The summed E-state index contributed by atoms with van der Waals surface area (Å²) in [5.74, 6) is 0. The van der Waals surface area contributed by atoms with Crippen LogP contribution in [0.25, 0.3) is 0 Å². The van der Waals surface area contributed by atoms with E-state index in [4.69, 9.17) is 0 Å². The molecule has 1 unspecified atom stereocenters. The minimum absolute atomic E-state index is 0.0467. The van der Waals surface area contributed by atoms with Crippen molar-refractivity contribution in [3.63, 3.8) is 0 Å². The maximum atomic E-state index is 12.4. The predicted octanol–water partition coefficient (Wildman–Crippen LogP) is 0.921. The molecule has 1 atom stereocenters. The van der Waals surface area contributed by atoms with Crippen LogP contribution >= 0.6 is 11.3 Å². The van der Waals surface area contributed by atoms with Crippen molar-refractivity contribution in [3.8, 4) is 0 Å². The number of aliphatic hydroxyl groups is 1. The Labute approximate surface area is 118 Å². The van der Waals surface area contributed by atoms with Crippen molar-refractivity contribution in [2.45, 2.75) is 37.3 Å². The number of hydrogen-bond donors (Lipinski definition) is 2. The average Bonchev–Trinajstić information content (AvgIpc) is 2.70. The molecule has 5 nitrogen and oxygen atoms in total. The number of hydrogen-bond acceptors (Lipinski definition) is 5. The summed E-state index contributed by atoms with van der Waals surface area (Å²) in [5.41, 5.74) is 0.700. The van der Waals surface area contributed by atoms with E-state index in [-0.39, 0.29) is 17.5 Å². The van der Waals surface area contributed by atoms with Gasteiger partial charge >= 0.3 is 0 Å². The van der Waals surface area contributed by atoms with Gasteiger partial charge in [-0.2, -0.15) is 0 Å². The van der Waals surface area contributed by atoms with Gasteiger partial charge < -0.3 is 10.0 Å². The Morgan fingerprint density at radius 1 is 1.58 bits per heavy atom. The fraction of sp³-hybridized carbons (Fsp3) is 0.667. The largest absolute Gasteiger partial charge is 0.391 e. The summed E-state index contributed by atoms with van der Waals surface area (Å²) >= 11 is 1.29. The zero-order valence-electron chi connectivity index (χ0n) is 11.2. The van der Waals surface area contributed by atoms with Gasteiger partial charge in [-0.25, -0.2) is 13.1 Å². The fourth-order valence-electron chi connectivity index (χ4n) is 2.50. The monoisotopic (exact) mass is 304 g/mol. The Morgan fingerprint density at radius 2 is 2.32 bits per heavy atom. The van der Waals surface area contributed by atoms with Crippen LogP contribution in [0, 0.1) is 6.92 Å². The molecule has 0 aromatic carbocycles. The lowest BCUT2D eigenvalue weighted by Crippen LogP contribution is -2.46. The van der Waals surface area contributed by atoms with Crippen LogP contribution in [0.3, 0.4) is 0 Å². The van der Waals surface area contributed by atoms with E-state index in [9.17, 15) is 13.5 Å². The van der Waals surface area contributed by atoms with E-state index in [2.05, 4.69) is 9.62 Å². The maximum absolute atomic E-state index is 12.4. The summed E-state index contributed by atoms with van der Waals surface area (Å²) in [7, 11) is -1.54. The molecule has 2 N–H and O–H groups in total. The zero-order chi connectivity index (χ0) is 14.0. The SMILES string of the molecule is Cc1csc(CO)c1S(=O)(=O)NC1CCCN(C)C1. The average molecular weight is 304 g/mol. The van der Waals surface area contributed by atoms with Gasteiger partial charge in [0.2, 0.25) is 10.0 Å². The van der Waals surface area contributed by atoms with Crippen LogP contribution in [-0.4, -0.2) is 44.6 Å². The second-order valence-electron chi connectivity index (χ2n) is 5.05. The van der Waals surface area contributed by atoms with Gasteiger partial charge in [-0.05, 0) is 44.3 Å². The Kier molecular flexibility index (Phi) is 4.62. The van der Waals surface area contributed by atoms with E-state index in [0.29, 0.717) is 10.4 Å². The van der Waals surface area contributed by atoms with E-state index in [1.165, 1.54) is 11.3 Å². The number of nitrogens with one attached hydrogen (secondary N) is 1. The standard InChI is InChI=1S/C12H20N2O3S2/c1-9-8-18-11(7-15)12(9)19(16,17)13-10-4-3-5-14(2)6-10/h8,10,13,15H,3-7H2,1-2H3. The molecule has 19 heavy (non-hydrogen) atoms. The molecule has 0 bridgehead atoms. The maximum Gasteiger partial charge on any atom is 0.242 e. The van der Waals surface area contributed by atoms with Crippen LogP contribution in [-0.2, 0) is 16.6 Å². The summed E-state index contributed by atoms with van der Waals surface area (Å²) in [4.78, 5) is 2.90. The van der Waals surface area contributed by atoms with Gasteiger partial charge in [0.05, 0.1) is 11.5 Å². The molecule has 1 fully saturated rings. The third kappa shape index (κ3) is 3.35. The molecule has 7 heteroatoms. The minimum atomic E-state index is -3.54. The van der Waals surface area contributed by atoms with Crippen LogP contribution in [0.15, 0.2) is 10.3 Å². The van der Waals surface area contributed by atoms with Crippen LogP contribution in [0.2, 0.25) is 0 Å². The van der Waals surface area contributed by atoms with Gasteiger partial charge in [0.15, 0.2) is 0 Å². The first-order chi connectivity index (χ1) is 8.94. The normalized spacial score (nSPS) is 21.7. The first-order valence-corrected chi connectivity index (χ1v) is 8.69. The van der Waals surface area contributed by atoms with Crippen LogP contribution in [0.5, 0.6) is 0 Å². The number of piperidine rings is 1. The number of aryl methyl sites for hydroxylation is 1. The van der Waals surface area contributed by atoms with Crippen molar-refractivity contribution < 1.29 is 13.5 Å². The molecule has 1 aromatic heterocycles. The quantitative estimate of drug-likeness (QED) is 0.868. The highest BCUT2D eigenvalue weighted by Gasteiger charge is 2.27. The van der Waals surface area contributed by atoms with E-state index in [1.807, 2.05) is 7.05 Å². The number of thiophene rings is 1. The summed E-state index contributed by atoms with van der Waals surface area (Å²) in [6, 6.07) is -0.0467. The van der Waals surface area contributed by atoms with E-state index in [0.717, 1.165) is 25.9 Å². The minimum Gasteiger partial charge on any atom is -0.391 e. The lowest BCUT2D eigenvalue weighted by molar-refractivity contribution is 0.242. The van der Waals surface area contributed by atoms with Crippen molar-refractivity contribution in [1.29, 1.82) is 0 Å². The first-order valence-electron chi connectivity index (χ1n) is 6.32. The molecule has 0 radical (unpaired) electrons. The molecule has 1 aliphatic rings. The molecule has 108 valence electrons. The summed E-state index contributed by atoms with van der Waals surface area (Å²) in [6.07, 6.45) is 1.86. The molecule has 0 spiro atoms. The highest BCUT2D eigenvalue weighted by atomic mass is 32.2. The number of sulfonamides is 1. The molecule has 2 rings (SSSR count). The first kappa shape index (κ1) is 14.9. The third-order valence-electron chi connectivity index (χ3n) is 3.35. The summed E-state index contributed by atoms with van der Waals surface area (Å²) in [5, 5.41) is 11.0. The Hall–Kier alpha value is -0.470. The topological polar surface area (TPSA) is 69.6 Å². The molecule has 0 aliphatic carbocycles. The Balaban J connectivity index is 2.20. The number of nitrogens with zero attached hydrogens (tertiary/aromatic N) is 1. The number of likely N-dealkylation sites (N-methyl/N-ethyl adjacent to an activating group) is 1. The van der Waals surface area contributed by atoms with Crippen molar-refractivity contribution >= 4 is 21.4 Å². The molecular weight excluding hydrogens is 284 g/mol. The van der Waals surface area contributed by atoms with Crippen molar-refractivity contribution in [2.75, 3.05) is 20.1 Å². The van der Waals surface area contributed by atoms with Crippen molar-refractivity contribution in [3.05, 3.63) is 15.8 Å². The molecule has 0 saturated carbocycles. The lowest BCUT2D eigenvalue weighted by Gasteiger charge is -2.30. The molecular formula is C12H20N2O3S2. The zero-order valence-corrected chi connectivity index (χ0v) is 12.9. The van der Waals surface area contributed by atoms with Gasteiger partial charge in [-0.1, -0.05) is 0 Å². The van der Waals surface area contributed by atoms with Crippen LogP contribution in [0.4, 0.5) is 0 Å². The lowest BCUT2D eigenvalue weighted by atomic mass is 10.1. The Bertz CT molecular complexity index is 539. The third-order valence-corrected chi connectivity index (χ3v) is 6.32. The van der Waals surface area contributed by atoms with Gasteiger partial charge in [0, 0.05) is 12.6 Å². The number of aliphatic hydroxyl groups excluding tert-OH is 1. The highest BCUT2D eigenvalue weighted by Crippen LogP contribution is 2.27. The highest BCUT2D eigenvalue weighted by molar-refractivity contribution is 7.89. The van der Waals surface area contributed by atoms with Gasteiger partial charge in [0.25, 0.3) is 0 Å². The second-order valence-corrected chi connectivity index (χ2v) is 7.67. The van der Waals surface area contributed by atoms with Crippen LogP contribution < -0.4 is 4.72 Å². The van der Waals surface area contributed by atoms with Crippen molar-refractivity contribution in [2.24, 2.45) is 0 Å². The molecule has 1 aromatic rings. The Morgan fingerprint density at radius 3 is 2.95 bits per heavy atom. The van der Waals surface area contributed by atoms with Gasteiger partial charge in [-0.3, -0.25) is 0 Å². The summed E-state index contributed by atoms with van der Waals surface area (Å²) < 4.78 is 27.6. The molecule has 0 amide bonds. The molecule has 2 heterocycles. The van der Waals surface area contributed by atoms with Gasteiger partial charge in [0.1, 0.15) is 4.90 Å². The number of likely N-dealkylation sites (tertiary alicyclic amines) is 1. The predicted molar refractivity (Wildman–Crippen MR) is 75.8 cm³/mol. The van der Waals surface area contributed by atoms with E-state index < -0.39 is 10.0 Å². The fourth-order valence-corrected chi connectivity index (χ4v) is 5.42. The van der Waals surface area contributed by atoms with Crippen molar-refractivity contribution in [1.82, 2.24) is 9.62 Å². The van der Waals surface area contributed by atoms with Gasteiger partial charge in [-0.15, -0.1) is 11.3 Å². The molecule has 1 saturated heterocycles. The van der Waals surface area contributed by atoms with E-state index >= 15 is 0 Å².